The number of hydrogen-bond acceptors (Lipinski definition) is 3. The third kappa shape index (κ3) is 2.67. The number of nitrogens with zero attached hydrogens (tertiary/aromatic N) is 1. The van der Waals surface area contributed by atoms with Crippen LogP contribution in [0.5, 0.6) is 0 Å². The van der Waals surface area contributed by atoms with Gasteiger partial charge in [-0.2, -0.15) is 0 Å². The van der Waals surface area contributed by atoms with Crippen LogP contribution >= 0.6 is 0 Å². The van der Waals surface area contributed by atoms with Crippen LogP contribution in [0.3, 0.4) is 0 Å². The molecule has 0 fully saturated rings. The van der Waals surface area contributed by atoms with Gasteiger partial charge >= 0.3 is 0 Å². The van der Waals surface area contributed by atoms with Crippen LogP contribution in [-0.2, 0) is 9.53 Å². The van der Waals surface area contributed by atoms with Crippen molar-refractivity contribution in [1.29, 1.82) is 0 Å². The SMILES string of the molecule is COCC(=O)Nc1cccnc1. The molecule has 4 nitrogen and oxygen atoms in total. The molecule has 0 aliphatic rings. The molecular formula is C8H10N2O2. The van der Waals surface area contributed by atoms with E-state index in [1.165, 1.54) is 7.11 Å². The molecule has 64 valence electrons. The first-order valence-corrected chi connectivity index (χ1v) is 3.52. The molecule has 1 N–H and O–H groups in total. The van der Waals surface area contributed by atoms with Crippen molar-refractivity contribution in [2.45, 2.75) is 0 Å². The van der Waals surface area contributed by atoms with E-state index >= 15 is 0 Å². The lowest BCUT2D eigenvalue weighted by atomic mass is 10.4. The maximum absolute atomic E-state index is 10.9. The maximum Gasteiger partial charge on any atom is 0.250 e. The minimum Gasteiger partial charge on any atom is -0.375 e. The smallest absolute Gasteiger partial charge is 0.250 e. The van der Waals surface area contributed by atoms with Crippen LogP contribution in [0.4, 0.5) is 5.69 Å². The number of nitrogens with one attached hydrogen (secondary N) is 1. The summed E-state index contributed by atoms with van der Waals surface area (Å²) >= 11 is 0. The van der Waals surface area contributed by atoms with Crippen LogP contribution in [-0.4, -0.2) is 24.6 Å². The Hall–Kier alpha value is -1.42. The number of anilines is 1. The molecule has 0 saturated heterocycles. The number of carbonyl (C=O) groups is 1. The molecule has 4 heteroatoms. The van der Waals surface area contributed by atoms with Crippen molar-refractivity contribution >= 4 is 11.6 Å². The zero-order valence-electron chi connectivity index (χ0n) is 6.78. The van der Waals surface area contributed by atoms with Gasteiger partial charge in [-0.15, -0.1) is 0 Å². The number of carbonyl (C=O) groups excluding carboxylic acids is 1. The van der Waals surface area contributed by atoms with Crippen LogP contribution in [0.1, 0.15) is 0 Å². The number of rotatable bonds is 3. The Balaban J connectivity index is 2.47. The van der Waals surface area contributed by atoms with Gasteiger partial charge in [-0.25, -0.2) is 0 Å². The largest absolute Gasteiger partial charge is 0.375 e. The first-order chi connectivity index (χ1) is 5.83. The van der Waals surface area contributed by atoms with E-state index in [0.29, 0.717) is 5.69 Å². The predicted molar refractivity (Wildman–Crippen MR) is 44.7 cm³/mol. The molecule has 1 rings (SSSR count). The molecule has 0 aromatic carbocycles. The van der Waals surface area contributed by atoms with Crippen molar-refractivity contribution in [3.63, 3.8) is 0 Å². The molecule has 1 aromatic rings. The van der Waals surface area contributed by atoms with Crippen molar-refractivity contribution in [2.75, 3.05) is 19.0 Å². The van der Waals surface area contributed by atoms with E-state index < -0.39 is 0 Å². The second-order valence-electron chi connectivity index (χ2n) is 2.22. The number of pyridine rings is 1. The Morgan fingerprint density at radius 3 is 3.17 bits per heavy atom. The van der Waals surface area contributed by atoms with E-state index in [2.05, 4.69) is 15.0 Å². The molecule has 12 heavy (non-hydrogen) atoms. The topological polar surface area (TPSA) is 51.2 Å². The standard InChI is InChI=1S/C8H10N2O2/c1-12-6-8(11)10-7-3-2-4-9-5-7/h2-5H,6H2,1H3,(H,10,11). The molecule has 0 unspecified atom stereocenters. The molecule has 0 saturated carbocycles. The van der Waals surface area contributed by atoms with Gasteiger partial charge in [-0.1, -0.05) is 0 Å². The van der Waals surface area contributed by atoms with E-state index in [9.17, 15) is 4.79 Å². The number of amides is 1. The van der Waals surface area contributed by atoms with Crippen LogP contribution < -0.4 is 5.32 Å². The predicted octanol–water partition coefficient (Wildman–Crippen LogP) is 0.667. The summed E-state index contributed by atoms with van der Waals surface area (Å²) in [4.78, 5) is 14.8. The summed E-state index contributed by atoms with van der Waals surface area (Å²) in [7, 11) is 1.48. The van der Waals surface area contributed by atoms with E-state index in [0.717, 1.165) is 0 Å². The maximum atomic E-state index is 10.9. The molecule has 1 aromatic heterocycles. The van der Waals surface area contributed by atoms with Crippen LogP contribution in [0.15, 0.2) is 24.5 Å². The number of ether oxygens (including phenoxy) is 1. The van der Waals surface area contributed by atoms with E-state index in [1.807, 2.05) is 0 Å². The molecule has 0 aliphatic heterocycles. The van der Waals surface area contributed by atoms with Gasteiger partial charge in [-0.3, -0.25) is 9.78 Å². The van der Waals surface area contributed by atoms with Crippen molar-refractivity contribution in [3.8, 4) is 0 Å². The van der Waals surface area contributed by atoms with Gasteiger partial charge in [0.15, 0.2) is 0 Å². The fourth-order valence-electron chi connectivity index (χ4n) is 0.765. The minimum atomic E-state index is -0.175. The van der Waals surface area contributed by atoms with Gasteiger partial charge in [0.2, 0.25) is 5.91 Å². The minimum absolute atomic E-state index is 0.0644. The highest BCUT2D eigenvalue weighted by molar-refractivity contribution is 5.91. The average molecular weight is 166 g/mol. The molecule has 0 atom stereocenters. The second kappa shape index (κ2) is 4.46. The first-order valence-electron chi connectivity index (χ1n) is 3.52. The summed E-state index contributed by atoms with van der Waals surface area (Å²) < 4.78 is 4.64. The Labute approximate surface area is 70.6 Å². The Morgan fingerprint density at radius 2 is 2.58 bits per heavy atom. The zero-order chi connectivity index (χ0) is 8.81. The number of aromatic nitrogens is 1. The van der Waals surface area contributed by atoms with Gasteiger partial charge < -0.3 is 10.1 Å². The lowest BCUT2D eigenvalue weighted by molar-refractivity contribution is -0.119. The van der Waals surface area contributed by atoms with Gasteiger partial charge in [0, 0.05) is 13.3 Å². The molecular weight excluding hydrogens is 156 g/mol. The lowest BCUT2D eigenvalue weighted by Gasteiger charge is -2.01. The summed E-state index contributed by atoms with van der Waals surface area (Å²) in [6.07, 6.45) is 3.22. The molecule has 0 bridgehead atoms. The summed E-state index contributed by atoms with van der Waals surface area (Å²) in [5.74, 6) is -0.175. The molecule has 1 heterocycles. The number of hydrogen-bond donors (Lipinski definition) is 1. The fraction of sp³-hybridized carbons (Fsp3) is 0.250. The third-order valence-corrected chi connectivity index (χ3v) is 1.22. The van der Waals surface area contributed by atoms with Gasteiger partial charge in [-0.05, 0) is 12.1 Å². The monoisotopic (exact) mass is 166 g/mol. The quantitative estimate of drug-likeness (QED) is 0.717. The molecule has 1 amide bonds. The first kappa shape index (κ1) is 8.67. The summed E-state index contributed by atoms with van der Waals surface area (Å²) in [5.41, 5.74) is 0.680. The second-order valence-corrected chi connectivity index (χ2v) is 2.22. The van der Waals surface area contributed by atoms with Gasteiger partial charge in [0.05, 0.1) is 11.9 Å². The van der Waals surface area contributed by atoms with Crippen molar-refractivity contribution in [1.82, 2.24) is 4.98 Å². The van der Waals surface area contributed by atoms with Gasteiger partial charge in [0.1, 0.15) is 6.61 Å². The Bertz CT molecular complexity index is 248. The van der Waals surface area contributed by atoms with Crippen LogP contribution in [0.2, 0.25) is 0 Å². The van der Waals surface area contributed by atoms with Gasteiger partial charge in [0.25, 0.3) is 0 Å². The molecule has 0 spiro atoms. The van der Waals surface area contributed by atoms with Crippen molar-refractivity contribution in [2.24, 2.45) is 0 Å². The van der Waals surface area contributed by atoms with Crippen LogP contribution in [0.25, 0.3) is 0 Å². The van der Waals surface area contributed by atoms with E-state index in [1.54, 1.807) is 24.5 Å². The average Bonchev–Trinajstić information content (AvgIpc) is 2.06. The normalized spacial score (nSPS) is 9.42. The Morgan fingerprint density at radius 1 is 1.75 bits per heavy atom. The summed E-state index contributed by atoms with van der Waals surface area (Å²) in [6, 6.07) is 3.52. The van der Waals surface area contributed by atoms with Crippen LogP contribution in [0, 0.1) is 0 Å². The zero-order valence-corrected chi connectivity index (χ0v) is 6.78. The summed E-state index contributed by atoms with van der Waals surface area (Å²) in [5, 5.41) is 2.62. The van der Waals surface area contributed by atoms with Crippen molar-refractivity contribution < 1.29 is 9.53 Å². The fourth-order valence-corrected chi connectivity index (χ4v) is 0.765. The molecule has 0 radical (unpaired) electrons. The lowest BCUT2D eigenvalue weighted by Crippen LogP contribution is -2.16. The highest BCUT2D eigenvalue weighted by Crippen LogP contribution is 2.01. The van der Waals surface area contributed by atoms with E-state index in [4.69, 9.17) is 0 Å². The Kier molecular flexibility index (Phi) is 3.22. The highest BCUT2D eigenvalue weighted by Gasteiger charge is 1.99. The highest BCUT2D eigenvalue weighted by atomic mass is 16.5. The summed E-state index contributed by atoms with van der Waals surface area (Å²) in [6.45, 7) is 0.0644. The molecule has 0 aliphatic carbocycles. The van der Waals surface area contributed by atoms with E-state index in [-0.39, 0.29) is 12.5 Å². The number of methoxy groups -OCH3 is 1. The van der Waals surface area contributed by atoms with Crippen molar-refractivity contribution in [3.05, 3.63) is 24.5 Å². The third-order valence-electron chi connectivity index (χ3n) is 1.22.